The molecule has 0 spiro atoms. The van der Waals surface area contributed by atoms with E-state index in [2.05, 4.69) is 15.5 Å². The van der Waals surface area contributed by atoms with Crippen LogP contribution in [-0.2, 0) is 4.79 Å². The molecule has 1 rings (SSSR count). The molecule has 1 atom stereocenters. The molecule has 1 aliphatic rings. The van der Waals surface area contributed by atoms with Crippen molar-refractivity contribution in [3.05, 3.63) is 0 Å². The van der Waals surface area contributed by atoms with Gasteiger partial charge in [-0.1, -0.05) is 0 Å². The standard InChI is InChI=1S/C12H26N4O2/c1-3-14-12(18)10-15(2)8-11(17)9-16-6-4-13-5-7-16/h11,13,17H,3-10H2,1-2H3,(H,14,18). The minimum Gasteiger partial charge on any atom is -0.390 e. The van der Waals surface area contributed by atoms with Gasteiger partial charge in [0.25, 0.3) is 0 Å². The predicted molar refractivity (Wildman–Crippen MR) is 71.5 cm³/mol. The minimum atomic E-state index is -0.400. The van der Waals surface area contributed by atoms with Crippen LogP contribution >= 0.6 is 0 Å². The average molecular weight is 258 g/mol. The zero-order valence-electron chi connectivity index (χ0n) is 11.5. The van der Waals surface area contributed by atoms with Crippen LogP contribution in [0, 0.1) is 0 Å². The van der Waals surface area contributed by atoms with Crippen molar-refractivity contribution in [2.24, 2.45) is 0 Å². The van der Waals surface area contributed by atoms with E-state index in [0.29, 0.717) is 26.2 Å². The third kappa shape index (κ3) is 6.30. The highest BCUT2D eigenvalue weighted by molar-refractivity contribution is 5.77. The van der Waals surface area contributed by atoms with E-state index < -0.39 is 6.10 Å². The van der Waals surface area contributed by atoms with E-state index in [1.807, 2.05) is 18.9 Å². The van der Waals surface area contributed by atoms with E-state index in [9.17, 15) is 9.90 Å². The van der Waals surface area contributed by atoms with Crippen molar-refractivity contribution in [2.75, 3.05) is 59.4 Å². The molecule has 0 aliphatic carbocycles. The van der Waals surface area contributed by atoms with Crippen molar-refractivity contribution in [1.82, 2.24) is 20.4 Å². The first-order chi connectivity index (χ1) is 8.61. The topological polar surface area (TPSA) is 67.8 Å². The number of carbonyl (C=O) groups excluding carboxylic acids is 1. The molecule has 3 N–H and O–H groups in total. The highest BCUT2D eigenvalue weighted by Crippen LogP contribution is 1.97. The maximum absolute atomic E-state index is 11.4. The van der Waals surface area contributed by atoms with Crippen molar-refractivity contribution < 1.29 is 9.90 Å². The van der Waals surface area contributed by atoms with Gasteiger partial charge in [0, 0.05) is 45.8 Å². The Morgan fingerprint density at radius 2 is 2.17 bits per heavy atom. The van der Waals surface area contributed by atoms with Gasteiger partial charge >= 0.3 is 0 Å². The van der Waals surface area contributed by atoms with Gasteiger partial charge in [-0.2, -0.15) is 0 Å². The molecule has 0 bridgehead atoms. The Bertz CT molecular complexity index is 244. The van der Waals surface area contributed by atoms with Crippen LogP contribution in [0.5, 0.6) is 0 Å². The Balaban J connectivity index is 2.17. The summed E-state index contributed by atoms with van der Waals surface area (Å²) in [5.74, 6) is 0.00868. The molecule has 0 saturated carbocycles. The van der Waals surface area contributed by atoms with Crippen molar-refractivity contribution in [3.63, 3.8) is 0 Å². The van der Waals surface area contributed by atoms with Crippen molar-refractivity contribution in [2.45, 2.75) is 13.0 Å². The number of hydrogen-bond donors (Lipinski definition) is 3. The molecule has 0 aromatic rings. The number of aliphatic hydroxyl groups is 1. The number of rotatable bonds is 7. The lowest BCUT2D eigenvalue weighted by atomic mass is 10.2. The molecule has 0 aromatic carbocycles. The zero-order chi connectivity index (χ0) is 13.4. The molecule has 1 saturated heterocycles. The van der Waals surface area contributed by atoms with Crippen LogP contribution in [0.2, 0.25) is 0 Å². The Morgan fingerprint density at radius 1 is 1.50 bits per heavy atom. The molecule has 106 valence electrons. The fourth-order valence-corrected chi connectivity index (χ4v) is 2.17. The summed E-state index contributed by atoms with van der Waals surface area (Å²) >= 11 is 0. The number of hydrogen-bond acceptors (Lipinski definition) is 5. The number of likely N-dealkylation sites (N-methyl/N-ethyl adjacent to an activating group) is 2. The highest BCUT2D eigenvalue weighted by atomic mass is 16.3. The Hall–Kier alpha value is -0.690. The molecule has 1 amide bonds. The van der Waals surface area contributed by atoms with Crippen LogP contribution in [0.1, 0.15) is 6.92 Å². The number of piperazine rings is 1. The lowest BCUT2D eigenvalue weighted by Gasteiger charge is -2.30. The summed E-state index contributed by atoms with van der Waals surface area (Å²) in [5.41, 5.74) is 0. The second-order valence-electron chi connectivity index (χ2n) is 4.85. The second-order valence-corrected chi connectivity index (χ2v) is 4.85. The van der Waals surface area contributed by atoms with Gasteiger partial charge in [-0.15, -0.1) is 0 Å². The van der Waals surface area contributed by atoms with Crippen LogP contribution in [-0.4, -0.2) is 86.3 Å². The van der Waals surface area contributed by atoms with Crippen LogP contribution in [0.25, 0.3) is 0 Å². The van der Waals surface area contributed by atoms with Gasteiger partial charge in [0.1, 0.15) is 0 Å². The minimum absolute atomic E-state index is 0.00868. The lowest BCUT2D eigenvalue weighted by Crippen LogP contribution is -2.48. The smallest absolute Gasteiger partial charge is 0.234 e. The summed E-state index contributed by atoms with van der Waals surface area (Å²) < 4.78 is 0. The fourth-order valence-electron chi connectivity index (χ4n) is 2.17. The zero-order valence-corrected chi connectivity index (χ0v) is 11.5. The average Bonchev–Trinajstić information content (AvgIpc) is 2.29. The number of carbonyl (C=O) groups is 1. The molecule has 1 unspecified atom stereocenters. The summed E-state index contributed by atoms with van der Waals surface area (Å²) in [6.07, 6.45) is -0.400. The van der Waals surface area contributed by atoms with Crippen LogP contribution < -0.4 is 10.6 Å². The highest BCUT2D eigenvalue weighted by Gasteiger charge is 2.16. The molecule has 0 radical (unpaired) electrons. The molecular formula is C12H26N4O2. The van der Waals surface area contributed by atoms with Gasteiger partial charge in [0.05, 0.1) is 12.6 Å². The maximum atomic E-state index is 11.4. The van der Waals surface area contributed by atoms with Gasteiger partial charge in [0.2, 0.25) is 5.91 Å². The largest absolute Gasteiger partial charge is 0.390 e. The van der Waals surface area contributed by atoms with Crippen LogP contribution in [0.15, 0.2) is 0 Å². The van der Waals surface area contributed by atoms with E-state index in [1.165, 1.54) is 0 Å². The van der Waals surface area contributed by atoms with Crippen molar-refractivity contribution in [1.29, 1.82) is 0 Å². The van der Waals surface area contributed by atoms with E-state index in [-0.39, 0.29) is 5.91 Å². The number of nitrogens with zero attached hydrogens (tertiary/aromatic N) is 2. The molecule has 6 heteroatoms. The summed E-state index contributed by atoms with van der Waals surface area (Å²) in [7, 11) is 1.86. The molecule has 1 aliphatic heterocycles. The summed E-state index contributed by atoms with van der Waals surface area (Å²) in [4.78, 5) is 15.5. The van der Waals surface area contributed by atoms with Gasteiger partial charge in [-0.05, 0) is 14.0 Å². The van der Waals surface area contributed by atoms with E-state index in [4.69, 9.17) is 0 Å². The first-order valence-electron chi connectivity index (χ1n) is 6.68. The SMILES string of the molecule is CCNC(=O)CN(C)CC(O)CN1CCNCC1. The number of aliphatic hydroxyl groups excluding tert-OH is 1. The quantitative estimate of drug-likeness (QED) is 0.509. The van der Waals surface area contributed by atoms with Gasteiger partial charge in [-0.25, -0.2) is 0 Å². The Kier molecular flexibility index (Phi) is 7.19. The van der Waals surface area contributed by atoms with Gasteiger partial charge in [-0.3, -0.25) is 14.6 Å². The Morgan fingerprint density at radius 3 is 2.78 bits per heavy atom. The normalized spacial score (nSPS) is 18.9. The predicted octanol–water partition coefficient (Wildman–Crippen LogP) is -1.68. The number of amides is 1. The molecule has 0 aromatic heterocycles. The first-order valence-corrected chi connectivity index (χ1v) is 6.68. The third-order valence-corrected chi connectivity index (χ3v) is 2.99. The molecule has 1 heterocycles. The fraction of sp³-hybridized carbons (Fsp3) is 0.917. The number of nitrogens with one attached hydrogen (secondary N) is 2. The van der Waals surface area contributed by atoms with Crippen molar-refractivity contribution in [3.8, 4) is 0 Å². The third-order valence-electron chi connectivity index (χ3n) is 2.99. The van der Waals surface area contributed by atoms with E-state index in [1.54, 1.807) is 0 Å². The summed E-state index contributed by atoms with van der Waals surface area (Å²) in [6.45, 7) is 8.04. The maximum Gasteiger partial charge on any atom is 0.234 e. The lowest BCUT2D eigenvalue weighted by molar-refractivity contribution is -0.122. The molecule has 6 nitrogen and oxygen atoms in total. The van der Waals surface area contributed by atoms with Gasteiger partial charge < -0.3 is 15.7 Å². The Labute approximate surface area is 109 Å². The van der Waals surface area contributed by atoms with Crippen LogP contribution in [0.4, 0.5) is 0 Å². The number of β-amino-alcohol motifs (C(OH)–C–C–N with tert-alkyl or cyclic N) is 1. The van der Waals surface area contributed by atoms with Crippen LogP contribution in [0.3, 0.4) is 0 Å². The van der Waals surface area contributed by atoms with E-state index in [0.717, 1.165) is 26.2 Å². The van der Waals surface area contributed by atoms with Gasteiger partial charge in [0.15, 0.2) is 0 Å². The summed E-state index contributed by atoms with van der Waals surface area (Å²) in [6, 6.07) is 0. The summed E-state index contributed by atoms with van der Waals surface area (Å²) in [5, 5.41) is 16.0. The molecule has 1 fully saturated rings. The molecule has 18 heavy (non-hydrogen) atoms. The second kappa shape index (κ2) is 8.42. The molecular weight excluding hydrogens is 232 g/mol. The monoisotopic (exact) mass is 258 g/mol. The van der Waals surface area contributed by atoms with E-state index >= 15 is 0 Å². The first kappa shape index (κ1) is 15.4. The van der Waals surface area contributed by atoms with Crippen molar-refractivity contribution >= 4 is 5.91 Å².